The summed E-state index contributed by atoms with van der Waals surface area (Å²) >= 11 is 0. The molecule has 0 saturated carbocycles. The van der Waals surface area contributed by atoms with Crippen LogP contribution in [0.5, 0.6) is 0 Å². The van der Waals surface area contributed by atoms with Gasteiger partial charge in [-0.15, -0.1) is 0 Å². The molecule has 1 amide bonds. The zero-order chi connectivity index (χ0) is 15.0. The van der Waals surface area contributed by atoms with Gasteiger partial charge in [-0.05, 0) is 31.2 Å². The second-order valence-corrected chi connectivity index (χ2v) is 4.47. The number of carbonyl (C=O) groups is 1. The van der Waals surface area contributed by atoms with Crippen LogP contribution in [0.25, 0.3) is 0 Å². The third-order valence-electron chi connectivity index (χ3n) is 3.31. The van der Waals surface area contributed by atoms with Crippen LogP contribution in [0.1, 0.15) is 31.1 Å². The number of carbonyl (C=O) groups excluding carboxylic acids is 1. The largest absolute Gasteiger partial charge is 0.378 e. The van der Waals surface area contributed by atoms with Crippen molar-refractivity contribution in [3.63, 3.8) is 0 Å². The summed E-state index contributed by atoms with van der Waals surface area (Å²) in [6, 6.07) is 7.84. The third kappa shape index (κ3) is 4.23. The van der Waals surface area contributed by atoms with Gasteiger partial charge in [0.15, 0.2) is 0 Å². The van der Waals surface area contributed by atoms with Crippen molar-refractivity contribution in [2.75, 3.05) is 44.8 Å². The molecule has 1 aliphatic rings. The van der Waals surface area contributed by atoms with Crippen molar-refractivity contribution >= 4 is 11.6 Å². The second-order valence-electron chi connectivity index (χ2n) is 4.47. The van der Waals surface area contributed by atoms with Gasteiger partial charge in [0.2, 0.25) is 0 Å². The minimum Gasteiger partial charge on any atom is -0.378 e. The van der Waals surface area contributed by atoms with E-state index in [1.165, 1.54) is 0 Å². The quantitative estimate of drug-likeness (QED) is 0.852. The van der Waals surface area contributed by atoms with E-state index in [1.807, 2.05) is 52.1 Å². The van der Waals surface area contributed by atoms with Crippen LogP contribution in [-0.4, -0.2) is 50.7 Å². The molecule has 4 heteroatoms. The molecule has 0 atom stereocenters. The van der Waals surface area contributed by atoms with E-state index in [0.29, 0.717) is 0 Å². The molecule has 2 rings (SSSR count). The van der Waals surface area contributed by atoms with Crippen LogP contribution in [-0.2, 0) is 4.74 Å². The number of benzene rings is 1. The van der Waals surface area contributed by atoms with Crippen molar-refractivity contribution in [2.45, 2.75) is 20.8 Å². The minimum absolute atomic E-state index is 0.0750. The zero-order valence-corrected chi connectivity index (χ0v) is 13.1. The predicted molar refractivity (Wildman–Crippen MR) is 83.5 cm³/mol. The number of nitrogens with zero attached hydrogens (tertiary/aromatic N) is 2. The monoisotopic (exact) mass is 278 g/mol. The van der Waals surface area contributed by atoms with Gasteiger partial charge in [-0.1, -0.05) is 13.8 Å². The van der Waals surface area contributed by atoms with Crippen LogP contribution in [0.4, 0.5) is 5.69 Å². The molecule has 20 heavy (non-hydrogen) atoms. The number of morpholine rings is 1. The van der Waals surface area contributed by atoms with Crippen molar-refractivity contribution in [1.82, 2.24) is 4.90 Å². The van der Waals surface area contributed by atoms with Crippen molar-refractivity contribution in [3.05, 3.63) is 29.8 Å². The Balaban J connectivity index is 0.000000956. The van der Waals surface area contributed by atoms with Crippen molar-refractivity contribution in [2.24, 2.45) is 0 Å². The average Bonchev–Trinajstić information content (AvgIpc) is 2.56. The highest BCUT2D eigenvalue weighted by atomic mass is 16.5. The first-order valence-corrected chi connectivity index (χ1v) is 7.40. The summed E-state index contributed by atoms with van der Waals surface area (Å²) in [5.41, 5.74) is 1.91. The summed E-state index contributed by atoms with van der Waals surface area (Å²) in [6.07, 6.45) is 0. The molecule has 0 unspecified atom stereocenters. The number of amides is 1. The van der Waals surface area contributed by atoms with Crippen LogP contribution < -0.4 is 4.90 Å². The van der Waals surface area contributed by atoms with E-state index < -0.39 is 0 Å². The Morgan fingerprint density at radius 3 is 2.25 bits per heavy atom. The Labute approximate surface area is 122 Å². The highest BCUT2D eigenvalue weighted by molar-refractivity contribution is 5.94. The molecule has 0 bridgehead atoms. The lowest BCUT2D eigenvalue weighted by molar-refractivity contribution is 0.0802. The first kappa shape index (κ1) is 16.5. The molecule has 1 fully saturated rings. The Hall–Kier alpha value is -1.55. The van der Waals surface area contributed by atoms with Crippen molar-refractivity contribution in [3.8, 4) is 0 Å². The highest BCUT2D eigenvalue weighted by Gasteiger charge is 2.13. The molecule has 1 aromatic rings. The maximum atomic E-state index is 12.0. The fourth-order valence-corrected chi connectivity index (χ4v) is 2.00. The summed E-state index contributed by atoms with van der Waals surface area (Å²) in [6.45, 7) is 10.1. The van der Waals surface area contributed by atoms with Gasteiger partial charge in [-0.25, -0.2) is 0 Å². The molecule has 1 heterocycles. The highest BCUT2D eigenvalue weighted by Crippen LogP contribution is 2.17. The van der Waals surface area contributed by atoms with Gasteiger partial charge in [0.25, 0.3) is 5.91 Å². The molecule has 1 saturated heterocycles. The summed E-state index contributed by atoms with van der Waals surface area (Å²) in [5.74, 6) is 0.0750. The second kappa shape index (κ2) is 8.59. The van der Waals surface area contributed by atoms with E-state index in [4.69, 9.17) is 4.74 Å². The molecule has 0 N–H and O–H groups in total. The zero-order valence-electron chi connectivity index (χ0n) is 13.1. The van der Waals surface area contributed by atoms with Crippen molar-refractivity contribution in [1.29, 1.82) is 0 Å². The van der Waals surface area contributed by atoms with Crippen LogP contribution in [0.3, 0.4) is 0 Å². The lowest BCUT2D eigenvalue weighted by Crippen LogP contribution is -2.36. The van der Waals surface area contributed by atoms with Crippen LogP contribution in [0, 0.1) is 0 Å². The number of hydrogen-bond donors (Lipinski definition) is 0. The van der Waals surface area contributed by atoms with Crippen LogP contribution in [0.15, 0.2) is 24.3 Å². The number of ether oxygens (including phenoxy) is 1. The summed E-state index contributed by atoms with van der Waals surface area (Å²) in [4.78, 5) is 15.9. The van der Waals surface area contributed by atoms with E-state index >= 15 is 0 Å². The van der Waals surface area contributed by atoms with Gasteiger partial charge in [-0.3, -0.25) is 4.79 Å². The summed E-state index contributed by atoms with van der Waals surface area (Å²) in [5, 5.41) is 0. The predicted octanol–water partition coefficient (Wildman–Crippen LogP) is 2.64. The molecule has 1 aliphatic heterocycles. The van der Waals surface area contributed by atoms with Gasteiger partial charge < -0.3 is 14.5 Å². The third-order valence-corrected chi connectivity index (χ3v) is 3.31. The minimum atomic E-state index is 0.0750. The molecule has 0 aliphatic carbocycles. The van der Waals surface area contributed by atoms with E-state index in [-0.39, 0.29) is 5.91 Å². The number of anilines is 1. The van der Waals surface area contributed by atoms with Crippen molar-refractivity contribution < 1.29 is 9.53 Å². The maximum Gasteiger partial charge on any atom is 0.253 e. The lowest BCUT2D eigenvalue weighted by atomic mass is 10.1. The molecule has 4 nitrogen and oxygen atoms in total. The number of rotatable bonds is 3. The first-order valence-electron chi connectivity index (χ1n) is 7.40. The molecule has 0 spiro atoms. The Morgan fingerprint density at radius 2 is 1.75 bits per heavy atom. The Morgan fingerprint density at radius 1 is 1.20 bits per heavy atom. The number of hydrogen-bond acceptors (Lipinski definition) is 3. The van der Waals surface area contributed by atoms with Gasteiger partial charge in [-0.2, -0.15) is 0 Å². The molecular formula is C16H26N2O2. The average molecular weight is 278 g/mol. The summed E-state index contributed by atoms with van der Waals surface area (Å²) < 4.78 is 5.33. The van der Waals surface area contributed by atoms with Gasteiger partial charge >= 0.3 is 0 Å². The molecule has 112 valence electrons. The van der Waals surface area contributed by atoms with Gasteiger partial charge in [0, 0.05) is 37.9 Å². The SMILES string of the molecule is CC.CCN(C)C(=O)c1ccc(N2CCOCC2)cc1. The fourth-order valence-electron chi connectivity index (χ4n) is 2.00. The standard InChI is InChI=1S/C14H20N2O2.C2H6/c1-3-15(2)14(17)12-4-6-13(7-5-12)16-8-10-18-11-9-16;1-2/h4-7H,3,8-11H2,1-2H3;1-2H3. The molecular weight excluding hydrogens is 252 g/mol. The van der Waals surface area contributed by atoms with Gasteiger partial charge in [0.05, 0.1) is 13.2 Å². The van der Waals surface area contributed by atoms with E-state index in [0.717, 1.165) is 44.1 Å². The lowest BCUT2D eigenvalue weighted by Gasteiger charge is -2.29. The van der Waals surface area contributed by atoms with E-state index in [9.17, 15) is 4.79 Å². The molecule has 0 radical (unpaired) electrons. The maximum absolute atomic E-state index is 12.0. The molecule has 0 aromatic heterocycles. The normalized spacial score (nSPS) is 14.3. The van der Waals surface area contributed by atoms with E-state index in [2.05, 4.69) is 4.90 Å². The van der Waals surface area contributed by atoms with Crippen LogP contribution >= 0.6 is 0 Å². The Bertz CT molecular complexity index is 397. The smallest absolute Gasteiger partial charge is 0.253 e. The van der Waals surface area contributed by atoms with Crippen LogP contribution in [0.2, 0.25) is 0 Å². The fraction of sp³-hybridized carbons (Fsp3) is 0.562. The summed E-state index contributed by atoms with van der Waals surface area (Å²) in [7, 11) is 1.82. The first-order chi connectivity index (χ1) is 9.72. The van der Waals surface area contributed by atoms with Gasteiger partial charge in [0.1, 0.15) is 0 Å². The van der Waals surface area contributed by atoms with E-state index in [1.54, 1.807) is 4.90 Å². The Kier molecular flexibility index (Phi) is 7.09. The molecule has 1 aromatic carbocycles. The topological polar surface area (TPSA) is 32.8 Å².